The highest BCUT2D eigenvalue weighted by Gasteiger charge is 2.21. The van der Waals surface area contributed by atoms with Crippen molar-refractivity contribution >= 4 is 16.6 Å². The van der Waals surface area contributed by atoms with Crippen molar-refractivity contribution in [3.05, 3.63) is 52.9 Å². The van der Waals surface area contributed by atoms with Crippen molar-refractivity contribution < 1.29 is 9.15 Å². The van der Waals surface area contributed by atoms with Crippen LogP contribution in [-0.2, 0) is 11.8 Å². The molecule has 1 aliphatic rings. The summed E-state index contributed by atoms with van der Waals surface area (Å²) >= 11 is 0. The van der Waals surface area contributed by atoms with Crippen LogP contribution in [0, 0.1) is 0 Å². The number of aromatic nitrogens is 4. The zero-order valence-corrected chi connectivity index (χ0v) is 14.4. The lowest BCUT2D eigenvalue weighted by Gasteiger charge is -2.19. The number of benzene rings is 1. The zero-order valence-electron chi connectivity index (χ0n) is 14.4. The Morgan fingerprint density at radius 1 is 1.19 bits per heavy atom. The van der Waals surface area contributed by atoms with Gasteiger partial charge in [0, 0.05) is 37.8 Å². The van der Waals surface area contributed by atoms with E-state index < -0.39 is 0 Å². The summed E-state index contributed by atoms with van der Waals surface area (Å²) in [7, 11) is 1.79. The second-order valence-electron chi connectivity index (χ2n) is 6.69. The van der Waals surface area contributed by atoms with E-state index in [0.717, 1.165) is 48.5 Å². The van der Waals surface area contributed by atoms with E-state index in [4.69, 9.17) is 14.3 Å². The predicted molar refractivity (Wildman–Crippen MR) is 96.2 cm³/mol. The van der Waals surface area contributed by atoms with Crippen molar-refractivity contribution in [1.29, 1.82) is 0 Å². The summed E-state index contributed by atoms with van der Waals surface area (Å²) in [5.74, 6) is 1.03. The SMILES string of the molecule is Cn1c(=O)c2ccc(-c3cnco3)cc2n2nc(C3CCOCC3)cc12. The van der Waals surface area contributed by atoms with Gasteiger partial charge in [-0.15, -0.1) is 0 Å². The predicted octanol–water partition coefficient (Wildman–Crippen LogP) is 2.74. The molecule has 1 saturated heterocycles. The fourth-order valence-corrected chi connectivity index (χ4v) is 3.68. The Balaban J connectivity index is 1.77. The minimum absolute atomic E-state index is 0.0324. The van der Waals surface area contributed by atoms with Crippen LogP contribution in [0.2, 0.25) is 0 Å². The first-order valence-electron chi connectivity index (χ1n) is 8.71. The van der Waals surface area contributed by atoms with E-state index in [2.05, 4.69) is 4.98 Å². The first kappa shape index (κ1) is 15.3. The Labute approximate surface area is 148 Å². The molecule has 0 atom stereocenters. The summed E-state index contributed by atoms with van der Waals surface area (Å²) in [6, 6.07) is 7.66. The van der Waals surface area contributed by atoms with Gasteiger partial charge in [0.05, 0.1) is 22.8 Å². The van der Waals surface area contributed by atoms with Crippen LogP contribution < -0.4 is 5.56 Å². The molecule has 0 bridgehead atoms. The summed E-state index contributed by atoms with van der Waals surface area (Å²) in [5, 5.41) is 5.47. The minimum Gasteiger partial charge on any atom is -0.444 e. The monoisotopic (exact) mass is 350 g/mol. The summed E-state index contributed by atoms with van der Waals surface area (Å²) in [6.07, 6.45) is 4.98. The van der Waals surface area contributed by atoms with Crippen molar-refractivity contribution in [1.82, 2.24) is 19.2 Å². The molecule has 132 valence electrons. The first-order valence-corrected chi connectivity index (χ1v) is 8.71. The number of hydrogen-bond donors (Lipinski definition) is 0. The van der Waals surface area contributed by atoms with E-state index in [1.165, 1.54) is 6.39 Å². The van der Waals surface area contributed by atoms with Crippen molar-refractivity contribution in [2.24, 2.45) is 7.05 Å². The van der Waals surface area contributed by atoms with Gasteiger partial charge in [0.25, 0.3) is 5.56 Å². The molecule has 0 unspecified atom stereocenters. The molecule has 0 saturated carbocycles. The van der Waals surface area contributed by atoms with Crippen LogP contribution in [0.4, 0.5) is 0 Å². The van der Waals surface area contributed by atoms with Crippen LogP contribution in [-0.4, -0.2) is 32.4 Å². The van der Waals surface area contributed by atoms with Crippen LogP contribution in [0.25, 0.3) is 27.9 Å². The van der Waals surface area contributed by atoms with Gasteiger partial charge in [0.2, 0.25) is 0 Å². The third-order valence-corrected chi connectivity index (χ3v) is 5.17. The second kappa shape index (κ2) is 5.81. The van der Waals surface area contributed by atoms with Gasteiger partial charge < -0.3 is 9.15 Å². The maximum Gasteiger partial charge on any atom is 0.261 e. The number of aryl methyl sites for hydroxylation is 1. The van der Waals surface area contributed by atoms with Crippen molar-refractivity contribution in [3.8, 4) is 11.3 Å². The molecule has 1 aliphatic heterocycles. The number of fused-ring (bicyclic) bond motifs is 3. The third kappa shape index (κ3) is 2.28. The molecule has 3 aromatic heterocycles. The molecule has 0 spiro atoms. The van der Waals surface area contributed by atoms with Crippen LogP contribution in [0.3, 0.4) is 0 Å². The smallest absolute Gasteiger partial charge is 0.261 e. The molecule has 26 heavy (non-hydrogen) atoms. The average molecular weight is 350 g/mol. The van der Waals surface area contributed by atoms with Gasteiger partial charge in [0.1, 0.15) is 5.65 Å². The highest BCUT2D eigenvalue weighted by Crippen LogP contribution is 2.28. The average Bonchev–Trinajstić information content (AvgIpc) is 3.36. The topological polar surface area (TPSA) is 74.6 Å². The Kier molecular flexibility index (Phi) is 3.43. The van der Waals surface area contributed by atoms with E-state index in [-0.39, 0.29) is 5.56 Å². The normalized spacial score (nSPS) is 15.9. The molecule has 0 aliphatic carbocycles. The van der Waals surface area contributed by atoms with E-state index in [1.807, 2.05) is 28.8 Å². The van der Waals surface area contributed by atoms with Crippen LogP contribution in [0.1, 0.15) is 24.5 Å². The minimum atomic E-state index is -0.0324. The standard InChI is InChI=1S/C19H18N4O3/c1-22-18-9-15(12-4-6-25-7-5-12)21-23(18)16-8-13(17-10-20-11-26-17)2-3-14(16)19(22)24/h2-3,8-12H,4-7H2,1H3. The van der Waals surface area contributed by atoms with E-state index in [1.54, 1.807) is 17.8 Å². The lowest BCUT2D eigenvalue weighted by atomic mass is 9.97. The van der Waals surface area contributed by atoms with Gasteiger partial charge in [0.15, 0.2) is 12.2 Å². The Bertz CT molecular complexity index is 1150. The van der Waals surface area contributed by atoms with Crippen molar-refractivity contribution in [2.75, 3.05) is 13.2 Å². The highest BCUT2D eigenvalue weighted by molar-refractivity contribution is 5.84. The fourth-order valence-electron chi connectivity index (χ4n) is 3.68. The Hall–Kier alpha value is -2.93. The molecule has 7 nitrogen and oxygen atoms in total. The number of nitrogens with zero attached hydrogens (tertiary/aromatic N) is 4. The van der Waals surface area contributed by atoms with Crippen LogP contribution in [0.5, 0.6) is 0 Å². The maximum absolute atomic E-state index is 12.8. The summed E-state index contributed by atoms with van der Waals surface area (Å²) in [5.41, 5.74) is 3.41. The lowest BCUT2D eigenvalue weighted by Crippen LogP contribution is -2.19. The van der Waals surface area contributed by atoms with E-state index in [0.29, 0.717) is 17.1 Å². The van der Waals surface area contributed by atoms with Crippen molar-refractivity contribution in [3.63, 3.8) is 0 Å². The number of ether oxygens (including phenoxy) is 1. The molecule has 7 heteroatoms. The van der Waals surface area contributed by atoms with Crippen LogP contribution in [0.15, 0.2) is 46.1 Å². The Morgan fingerprint density at radius 2 is 2.04 bits per heavy atom. The molecular formula is C19H18N4O3. The molecule has 0 radical (unpaired) electrons. The van der Waals surface area contributed by atoms with Gasteiger partial charge in [-0.1, -0.05) is 6.07 Å². The van der Waals surface area contributed by atoms with Crippen LogP contribution >= 0.6 is 0 Å². The zero-order chi connectivity index (χ0) is 17.7. The molecule has 0 amide bonds. The van der Waals surface area contributed by atoms with Gasteiger partial charge >= 0.3 is 0 Å². The Morgan fingerprint density at radius 3 is 2.81 bits per heavy atom. The van der Waals surface area contributed by atoms with Gasteiger partial charge in [-0.25, -0.2) is 9.50 Å². The van der Waals surface area contributed by atoms with Gasteiger partial charge in [-0.3, -0.25) is 9.36 Å². The number of oxazole rings is 1. The molecule has 1 fully saturated rings. The second-order valence-corrected chi connectivity index (χ2v) is 6.69. The quantitative estimate of drug-likeness (QED) is 0.556. The van der Waals surface area contributed by atoms with Gasteiger partial charge in [-0.05, 0) is 25.0 Å². The molecule has 4 heterocycles. The molecule has 1 aromatic carbocycles. The first-order chi connectivity index (χ1) is 12.7. The highest BCUT2D eigenvalue weighted by atomic mass is 16.5. The third-order valence-electron chi connectivity index (χ3n) is 5.17. The largest absolute Gasteiger partial charge is 0.444 e. The van der Waals surface area contributed by atoms with Gasteiger partial charge in [-0.2, -0.15) is 5.10 Å². The summed E-state index contributed by atoms with van der Waals surface area (Å²) in [6.45, 7) is 1.52. The summed E-state index contributed by atoms with van der Waals surface area (Å²) in [4.78, 5) is 16.8. The lowest BCUT2D eigenvalue weighted by molar-refractivity contribution is 0.0844. The summed E-state index contributed by atoms with van der Waals surface area (Å²) < 4.78 is 14.4. The molecule has 4 aromatic rings. The molecule has 5 rings (SSSR count). The maximum atomic E-state index is 12.8. The van der Waals surface area contributed by atoms with E-state index >= 15 is 0 Å². The van der Waals surface area contributed by atoms with Crippen molar-refractivity contribution in [2.45, 2.75) is 18.8 Å². The number of rotatable bonds is 2. The molecule has 0 N–H and O–H groups in total. The molecular weight excluding hydrogens is 332 g/mol. The number of hydrogen-bond acceptors (Lipinski definition) is 5. The van der Waals surface area contributed by atoms with E-state index in [9.17, 15) is 4.79 Å². The fraction of sp³-hybridized carbons (Fsp3) is 0.316.